The Bertz CT molecular complexity index is 1130. The second kappa shape index (κ2) is 9.13. The van der Waals surface area contributed by atoms with Gasteiger partial charge in [0.15, 0.2) is 5.13 Å². The number of sulfonamides is 1. The van der Waals surface area contributed by atoms with Crippen LogP contribution in [0.25, 0.3) is 11.3 Å². The molecule has 29 heavy (non-hydrogen) atoms. The normalized spacial score (nSPS) is 11.3. The highest BCUT2D eigenvalue weighted by Gasteiger charge is 2.10. The molecule has 10 heteroatoms. The molecule has 6 nitrogen and oxygen atoms in total. The Labute approximate surface area is 182 Å². The van der Waals surface area contributed by atoms with Crippen LogP contribution in [0.5, 0.6) is 0 Å². The molecule has 1 heterocycles. The van der Waals surface area contributed by atoms with Crippen LogP contribution in [0.2, 0.25) is 10.0 Å². The van der Waals surface area contributed by atoms with Crippen LogP contribution in [0.1, 0.15) is 12.0 Å². The molecular weight excluding hydrogens is 453 g/mol. The number of carbonyl (C=O) groups excluding carboxylic acids is 1. The molecule has 3 aromatic rings. The van der Waals surface area contributed by atoms with Gasteiger partial charge < -0.3 is 5.32 Å². The fraction of sp³-hybridized carbons (Fsp3) is 0.158. The summed E-state index contributed by atoms with van der Waals surface area (Å²) in [5.74, 6) is -0.162. The second-order valence-electron chi connectivity index (χ2n) is 6.27. The van der Waals surface area contributed by atoms with Gasteiger partial charge in [-0.15, -0.1) is 11.3 Å². The van der Waals surface area contributed by atoms with Gasteiger partial charge in [0.05, 0.1) is 11.9 Å². The Kier molecular flexibility index (Phi) is 6.79. The lowest BCUT2D eigenvalue weighted by Crippen LogP contribution is -2.12. The second-order valence-corrected chi connectivity index (χ2v) is 9.72. The van der Waals surface area contributed by atoms with E-state index in [4.69, 9.17) is 23.2 Å². The molecule has 0 aliphatic carbocycles. The molecule has 0 aliphatic heterocycles. The zero-order valence-corrected chi connectivity index (χ0v) is 18.4. The van der Waals surface area contributed by atoms with E-state index in [-0.39, 0.29) is 12.3 Å². The highest BCUT2D eigenvalue weighted by molar-refractivity contribution is 7.92. The van der Waals surface area contributed by atoms with Crippen molar-refractivity contribution in [3.05, 3.63) is 63.5 Å². The van der Waals surface area contributed by atoms with E-state index in [9.17, 15) is 13.2 Å². The largest absolute Gasteiger partial charge is 0.302 e. The van der Waals surface area contributed by atoms with Gasteiger partial charge in [0.1, 0.15) is 0 Å². The fourth-order valence-corrected chi connectivity index (χ4v) is 4.34. The lowest BCUT2D eigenvalue weighted by molar-refractivity contribution is -0.116. The monoisotopic (exact) mass is 469 g/mol. The molecule has 0 unspecified atom stereocenters. The summed E-state index contributed by atoms with van der Waals surface area (Å²) in [5, 5.41) is 6.19. The molecule has 1 amide bonds. The smallest absolute Gasteiger partial charge is 0.229 e. The van der Waals surface area contributed by atoms with Crippen molar-refractivity contribution in [1.82, 2.24) is 4.98 Å². The summed E-state index contributed by atoms with van der Waals surface area (Å²) in [6.07, 6.45) is 1.86. The van der Waals surface area contributed by atoms with Crippen molar-refractivity contribution in [3.63, 3.8) is 0 Å². The summed E-state index contributed by atoms with van der Waals surface area (Å²) in [7, 11) is -3.32. The number of hydrogen-bond acceptors (Lipinski definition) is 5. The van der Waals surface area contributed by atoms with E-state index >= 15 is 0 Å². The zero-order valence-electron chi connectivity index (χ0n) is 15.3. The molecule has 0 fully saturated rings. The molecule has 0 saturated heterocycles. The summed E-state index contributed by atoms with van der Waals surface area (Å²) in [5.41, 5.74) is 2.83. The van der Waals surface area contributed by atoms with Crippen molar-refractivity contribution >= 4 is 61.3 Å². The van der Waals surface area contributed by atoms with Crippen molar-refractivity contribution < 1.29 is 13.2 Å². The van der Waals surface area contributed by atoms with Crippen LogP contribution in [0.4, 0.5) is 10.8 Å². The minimum atomic E-state index is -3.32. The van der Waals surface area contributed by atoms with Gasteiger partial charge in [-0.05, 0) is 36.2 Å². The molecule has 0 radical (unpaired) electrons. The van der Waals surface area contributed by atoms with Gasteiger partial charge in [-0.2, -0.15) is 0 Å². The standard InChI is InChI=1S/C19H17Cl2N3O3S2/c1-29(26,27)24-15-7-3-13(4-8-15)17-11-28-19(22-17)23-18(25)9-5-12-2-6-14(20)10-16(12)21/h2-4,6-8,10-11,24H,5,9H2,1H3,(H,22,23,25). The van der Waals surface area contributed by atoms with Crippen molar-refractivity contribution in [3.8, 4) is 11.3 Å². The first-order chi connectivity index (χ1) is 13.7. The number of aryl methyl sites for hydroxylation is 1. The average molecular weight is 470 g/mol. The number of anilines is 2. The maximum atomic E-state index is 12.2. The van der Waals surface area contributed by atoms with E-state index in [0.29, 0.717) is 33.0 Å². The predicted molar refractivity (Wildman–Crippen MR) is 119 cm³/mol. The number of aromatic nitrogens is 1. The van der Waals surface area contributed by atoms with Crippen LogP contribution in [-0.4, -0.2) is 25.6 Å². The number of halogens is 2. The van der Waals surface area contributed by atoms with E-state index < -0.39 is 10.0 Å². The molecule has 0 spiro atoms. The molecular formula is C19H17Cl2N3O3S2. The fourth-order valence-electron chi connectivity index (χ4n) is 2.54. The van der Waals surface area contributed by atoms with Crippen LogP contribution in [-0.2, 0) is 21.2 Å². The number of thiazole rings is 1. The van der Waals surface area contributed by atoms with E-state index in [1.165, 1.54) is 11.3 Å². The number of rotatable bonds is 7. The molecule has 3 rings (SSSR count). The quantitative estimate of drug-likeness (QED) is 0.505. The van der Waals surface area contributed by atoms with Gasteiger partial charge in [-0.25, -0.2) is 13.4 Å². The minimum Gasteiger partial charge on any atom is -0.302 e. The first-order valence-corrected chi connectivity index (χ1v) is 12.0. The average Bonchev–Trinajstić information content (AvgIpc) is 3.08. The first kappa shape index (κ1) is 21.6. The lowest BCUT2D eigenvalue weighted by Gasteiger charge is -2.05. The van der Waals surface area contributed by atoms with Gasteiger partial charge in [0.25, 0.3) is 0 Å². The van der Waals surface area contributed by atoms with E-state index in [1.54, 1.807) is 36.4 Å². The number of carbonyl (C=O) groups is 1. The number of nitrogens with one attached hydrogen (secondary N) is 2. The SMILES string of the molecule is CS(=O)(=O)Nc1ccc(-c2csc(NC(=O)CCc3ccc(Cl)cc3Cl)n2)cc1. The number of hydrogen-bond donors (Lipinski definition) is 2. The van der Waals surface area contributed by atoms with Crippen LogP contribution in [0.3, 0.4) is 0 Å². The Balaban J connectivity index is 1.59. The molecule has 1 aromatic heterocycles. The predicted octanol–water partition coefficient (Wildman–Crippen LogP) is 5.06. The summed E-state index contributed by atoms with van der Waals surface area (Å²) in [6, 6.07) is 12.0. The Hall–Kier alpha value is -2.13. The van der Waals surface area contributed by atoms with E-state index in [0.717, 1.165) is 17.4 Å². The van der Waals surface area contributed by atoms with Gasteiger partial charge >= 0.3 is 0 Å². The molecule has 152 valence electrons. The zero-order chi connectivity index (χ0) is 21.0. The number of benzene rings is 2. The molecule has 0 bridgehead atoms. The first-order valence-electron chi connectivity index (χ1n) is 8.47. The van der Waals surface area contributed by atoms with Crippen LogP contribution >= 0.6 is 34.5 Å². The van der Waals surface area contributed by atoms with Gasteiger partial charge in [0, 0.05) is 33.1 Å². The number of amides is 1. The van der Waals surface area contributed by atoms with Crippen LogP contribution < -0.4 is 10.0 Å². The highest BCUT2D eigenvalue weighted by atomic mass is 35.5. The third-order valence-electron chi connectivity index (χ3n) is 3.87. The molecule has 2 aromatic carbocycles. The minimum absolute atomic E-state index is 0.162. The van der Waals surface area contributed by atoms with Gasteiger partial charge in [0.2, 0.25) is 15.9 Å². The third kappa shape index (κ3) is 6.43. The van der Waals surface area contributed by atoms with Crippen molar-refractivity contribution in [2.24, 2.45) is 0 Å². The van der Waals surface area contributed by atoms with Crippen molar-refractivity contribution in [2.45, 2.75) is 12.8 Å². The van der Waals surface area contributed by atoms with E-state index in [1.807, 2.05) is 11.4 Å². The Morgan fingerprint density at radius 2 is 1.86 bits per heavy atom. The maximum Gasteiger partial charge on any atom is 0.229 e. The Morgan fingerprint density at radius 1 is 1.14 bits per heavy atom. The van der Waals surface area contributed by atoms with Crippen LogP contribution in [0, 0.1) is 0 Å². The molecule has 0 aliphatic rings. The van der Waals surface area contributed by atoms with Crippen LogP contribution in [0.15, 0.2) is 47.8 Å². The third-order valence-corrected chi connectivity index (χ3v) is 5.82. The van der Waals surface area contributed by atoms with E-state index in [2.05, 4.69) is 15.0 Å². The molecule has 2 N–H and O–H groups in total. The molecule has 0 saturated carbocycles. The van der Waals surface area contributed by atoms with Gasteiger partial charge in [-0.1, -0.05) is 41.4 Å². The maximum absolute atomic E-state index is 12.2. The topological polar surface area (TPSA) is 88.2 Å². The Morgan fingerprint density at radius 3 is 2.52 bits per heavy atom. The van der Waals surface area contributed by atoms with Crippen molar-refractivity contribution in [1.29, 1.82) is 0 Å². The molecule has 0 atom stereocenters. The summed E-state index contributed by atoms with van der Waals surface area (Å²) in [4.78, 5) is 16.6. The van der Waals surface area contributed by atoms with Crippen molar-refractivity contribution in [2.75, 3.05) is 16.3 Å². The summed E-state index contributed by atoms with van der Waals surface area (Å²) < 4.78 is 24.9. The summed E-state index contributed by atoms with van der Waals surface area (Å²) >= 11 is 13.3. The lowest BCUT2D eigenvalue weighted by atomic mass is 10.1. The number of nitrogens with zero attached hydrogens (tertiary/aromatic N) is 1. The highest BCUT2D eigenvalue weighted by Crippen LogP contribution is 2.27. The van der Waals surface area contributed by atoms with Gasteiger partial charge in [-0.3, -0.25) is 9.52 Å². The summed E-state index contributed by atoms with van der Waals surface area (Å²) in [6.45, 7) is 0.